The van der Waals surface area contributed by atoms with E-state index in [1.54, 1.807) is 6.26 Å². The highest BCUT2D eigenvalue weighted by molar-refractivity contribution is 8.81. The first-order valence-corrected chi connectivity index (χ1v) is 3.75. The second-order valence-electron chi connectivity index (χ2n) is 0.500. The van der Waals surface area contributed by atoms with Crippen molar-refractivity contribution in [1.82, 2.24) is 0 Å². The summed E-state index contributed by atoms with van der Waals surface area (Å²) in [5, 5.41) is 8.35. The smallest absolute Gasteiger partial charge is 0.233 e. The third-order valence-electron chi connectivity index (χ3n) is 0.151. The van der Waals surface area contributed by atoms with Crippen LogP contribution in [0.2, 0.25) is 0 Å². The summed E-state index contributed by atoms with van der Waals surface area (Å²) in [4.78, 5) is 9.43. The molecular weight excluding hydrogens is 120 g/mol. The molecule has 0 saturated carbocycles. The molecule has 0 aliphatic rings. The summed E-state index contributed by atoms with van der Waals surface area (Å²) in [7, 11) is 1.87. The monoisotopic (exact) mass is 123 g/mol. The first-order valence-electron chi connectivity index (χ1n) is 1.19. The molecule has 0 N–H and O–H groups in total. The van der Waals surface area contributed by atoms with Crippen LogP contribution < -0.4 is 0 Å². The van der Waals surface area contributed by atoms with Crippen LogP contribution in [0.25, 0.3) is 0 Å². The molecule has 0 atom stereocenters. The van der Waals surface area contributed by atoms with Crippen LogP contribution in [-0.2, 0) is 5.11 Å². The lowest BCUT2D eigenvalue weighted by Gasteiger charge is -1.74. The average Bonchev–Trinajstić information content (AvgIpc) is 1.35. The van der Waals surface area contributed by atoms with Gasteiger partial charge in [0.25, 0.3) is 0 Å². The van der Waals surface area contributed by atoms with E-state index in [0.717, 1.165) is 10.8 Å². The number of hydrogen-bond donors (Lipinski definition) is 0. The van der Waals surface area contributed by atoms with Gasteiger partial charge in [0, 0.05) is 10.8 Å². The Kier molecular flexibility index (Phi) is 3.46. The van der Waals surface area contributed by atoms with Gasteiger partial charge in [0.2, 0.25) is 0 Å². The molecule has 1 radical (unpaired) electrons. The van der Waals surface area contributed by atoms with Crippen LogP contribution in [0.3, 0.4) is 0 Å². The molecule has 35 valence electrons. The summed E-state index contributed by atoms with van der Waals surface area (Å²) in [5.74, 6) is 0. The zero-order chi connectivity index (χ0) is 4.99. The zero-order valence-electron chi connectivity index (χ0n) is 3.13. The summed E-state index contributed by atoms with van der Waals surface area (Å²) >= 11 is 0. The molecule has 0 bridgehead atoms. The van der Waals surface area contributed by atoms with Gasteiger partial charge in [0.1, 0.15) is 0 Å². The lowest BCUT2D eigenvalue weighted by Crippen LogP contribution is -1.70. The lowest BCUT2D eigenvalue weighted by molar-refractivity contribution is 0.199. The van der Waals surface area contributed by atoms with Gasteiger partial charge in [0.15, 0.2) is 0 Å². The first kappa shape index (κ1) is 6.17. The van der Waals surface area contributed by atoms with Crippen molar-refractivity contribution in [2.24, 2.45) is 0 Å². The minimum absolute atomic E-state index is 0.708. The number of rotatable bonds is 1. The molecular formula is C2H3O2S2. The maximum atomic E-state index is 9.43. The first-order chi connectivity index (χ1) is 2.77. The fourth-order valence-corrected chi connectivity index (χ4v) is 0.612. The highest BCUT2D eigenvalue weighted by Gasteiger charge is 1.93. The maximum absolute atomic E-state index is 9.43. The van der Waals surface area contributed by atoms with Gasteiger partial charge in [0.05, 0.1) is 0 Å². The highest BCUT2D eigenvalue weighted by atomic mass is 33.1. The van der Waals surface area contributed by atoms with E-state index in [0.29, 0.717) is 10.8 Å². The van der Waals surface area contributed by atoms with E-state index in [9.17, 15) is 9.90 Å². The van der Waals surface area contributed by atoms with Crippen LogP contribution >= 0.6 is 21.6 Å². The minimum atomic E-state index is -1.08. The molecule has 4 heteroatoms. The highest BCUT2D eigenvalue weighted by Crippen LogP contribution is 2.16. The quantitative estimate of drug-likeness (QED) is 0.496. The van der Waals surface area contributed by atoms with Gasteiger partial charge in [-0.15, -0.1) is 0 Å². The SMILES string of the molecule is CSSC([O])=O. The van der Waals surface area contributed by atoms with Gasteiger partial charge in [-0.25, -0.2) is 9.90 Å². The number of carbonyl (C=O) groups excluding carboxylic acids is 1. The summed E-state index contributed by atoms with van der Waals surface area (Å²) in [6.45, 7) is 0. The van der Waals surface area contributed by atoms with Crippen LogP contribution in [0.4, 0.5) is 4.79 Å². The molecule has 6 heavy (non-hydrogen) atoms. The van der Waals surface area contributed by atoms with Crippen LogP contribution in [0.5, 0.6) is 0 Å². The standard InChI is InChI=1S/C2H3O2S2/c1-5-6-2(3)4/h1H3. The Balaban J connectivity index is 2.83. The molecule has 0 unspecified atom stereocenters. The van der Waals surface area contributed by atoms with E-state index >= 15 is 0 Å². The third kappa shape index (κ3) is 4.17. The normalized spacial score (nSPS) is 8.17. The van der Waals surface area contributed by atoms with E-state index in [1.165, 1.54) is 0 Å². The van der Waals surface area contributed by atoms with Crippen molar-refractivity contribution in [2.75, 3.05) is 6.26 Å². The molecule has 0 aliphatic carbocycles. The van der Waals surface area contributed by atoms with E-state index in [2.05, 4.69) is 0 Å². The molecule has 0 fully saturated rings. The zero-order valence-corrected chi connectivity index (χ0v) is 4.77. The number of hydrogen-bond acceptors (Lipinski definition) is 3. The second kappa shape index (κ2) is 3.36. The van der Waals surface area contributed by atoms with Crippen molar-refractivity contribution in [1.29, 1.82) is 0 Å². The molecule has 0 aliphatic heterocycles. The molecule has 0 rings (SSSR count). The van der Waals surface area contributed by atoms with Gasteiger partial charge in [-0.1, -0.05) is 10.8 Å². The Labute approximate surface area is 43.7 Å². The Bertz CT molecular complexity index is 53.5. The van der Waals surface area contributed by atoms with Gasteiger partial charge in [-0.05, 0) is 6.26 Å². The van der Waals surface area contributed by atoms with Crippen molar-refractivity contribution in [3.63, 3.8) is 0 Å². The van der Waals surface area contributed by atoms with Gasteiger partial charge in [-0.3, -0.25) is 0 Å². The van der Waals surface area contributed by atoms with Crippen molar-refractivity contribution >= 4 is 26.9 Å². The fraction of sp³-hybridized carbons (Fsp3) is 0.500. The predicted molar refractivity (Wildman–Crippen MR) is 27.2 cm³/mol. The largest absolute Gasteiger partial charge is 0.424 e. The molecule has 0 aromatic heterocycles. The van der Waals surface area contributed by atoms with Crippen molar-refractivity contribution in [2.45, 2.75) is 0 Å². The molecule has 0 spiro atoms. The Hall–Kier alpha value is 0.170. The average molecular weight is 123 g/mol. The number of carbonyl (C=O) groups is 1. The Morgan fingerprint density at radius 2 is 2.17 bits per heavy atom. The van der Waals surface area contributed by atoms with Gasteiger partial charge < -0.3 is 0 Å². The molecule has 2 nitrogen and oxygen atoms in total. The van der Waals surface area contributed by atoms with E-state index in [1.807, 2.05) is 0 Å². The van der Waals surface area contributed by atoms with Crippen LogP contribution in [0, 0.1) is 0 Å². The summed E-state index contributed by atoms with van der Waals surface area (Å²) < 4.78 is 0. The third-order valence-corrected chi connectivity index (χ3v) is 1.36. The maximum Gasteiger partial charge on any atom is 0.424 e. The lowest BCUT2D eigenvalue weighted by atomic mass is 11.6. The summed E-state index contributed by atoms with van der Waals surface area (Å²) in [6, 6.07) is 0. The molecule has 0 aromatic rings. The molecule has 0 heterocycles. The van der Waals surface area contributed by atoms with Crippen molar-refractivity contribution < 1.29 is 9.90 Å². The van der Waals surface area contributed by atoms with Crippen molar-refractivity contribution in [3.05, 3.63) is 0 Å². The van der Waals surface area contributed by atoms with Crippen LogP contribution in [0.1, 0.15) is 0 Å². The van der Waals surface area contributed by atoms with E-state index in [4.69, 9.17) is 0 Å². The fourth-order valence-electron chi connectivity index (χ4n) is 0.0680. The van der Waals surface area contributed by atoms with E-state index in [-0.39, 0.29) is 0 Å². The minimum Gasteiger partial charge on any atom is -0.233 e. The molecule has 0 aromatic carbocycles. The van der Waals surface area contributed by atoms with Crippen LogP contribution in [-0.4, -0.2) is 11.6 Å². The molecule has 0 amide bonds. The van der Waals surface area contributed by atoms with Gasteiger partial charge >= 0.3 is 5.30 Å². The summed E-state index contributed by atoms with van der Waals surface area (Å²) in [5.41, 5.74) is 0. The Morgan fingerprint density at radius 3 is 2.17 bits per heavy atom. The summed E-state index contributed by atoms with van der Waals surface area (Å²) in [6.07, 6.45) is 1.68. The Morgan fingerprint density at radius 1 is 1.67 bits per heavy atom. The second-order valence-corrected chi connectivity index (χ2v) is 2.83. The van der Waals surface area contributed by atoms with Crippen LogP contribution in [0.15, 0.2) is 0 Å². The van der Waals surface area contributed by atoms with E-state index < -0.39 is 5.30 Å². The van der Waals surface area contributed by atoms with Crippen molar-refractivity contribution in [3.8, 4) is 0 Å². The molecule has 0 saturated heterocycles. The topological polar surface area (TPSA) is 37.0 Å². The van der Waals surface area contributed by atoms with Gasteiger partial charge in [-0.2, -0.15) is 0 Å². The predicted octanol–water partition coefficient (Wildman–Crippen LogP) is 1.55.